The molecule has 6 heteroatoms. The summed E-state index contributed by atoms with van der Waals surface area (Å²) in [5.41, 5.74) is 1.96. The van der Waals surface area contributed by atoms with Crippen LogP contribution in [0.2, 0.25) is 0 Å². The van der Waals surface area contributed by atoms with Crippen molar-refractivity contribution in [3.8, 4) is 0 Å². The molecule has 1 aromatic carbocycles. The fraction of sp³-hybridized carbons (Fsp3) is 0.600. The Kier molecular flexibility index (Phi) is 8.52. The maximum absolute atomic E-state index is 11.9. The van der Waals surface area contributed by atoms with Crippen LogP contribution in [-0.4, -0.2) is 35.2 Å². The highest BCUT2D eigenvalue weighted by molar-refractivity contribution is 7.88. The normalized spacial score (nSPS) is 11.7. The molecule has 0 amide bonds. The van der Waals surface area contributed by atoms with Crippen LogP contribution in [0.3, 0.4) is 0 Å². The Hall–Kier alpha value is -0.950. The van der Waals surface area contributed by atoms with Gasteiger partial charge < -0.3 is 10.1 Å². The molecule has 0 unspecified atom stereocenters. The van der Waals surface area contributed by atoms with Crippen molar-refractivity contribution in [3.63, 3.8) is 0 Å². The van der Waals surface area contributed by atoms with Gasteiger partial charge in [-0.25, -0.2) is 13.1 Å². The lowest BCUT2D eigenvalue weighted by Gasteiger charge is -2.08. The van der Waals surface area contributed by atoms with Gasteiger partial charge in [-0.05, 0) is 30.5 Å². The molecule has 0 aliphatic heterocycles. The molecule has 0 aliphatic carbocycles. The predicted molar refractivity (Wildman–Crippen MR) is 85.6 cm³/mol. The van der Waals surface area contributed by atoms with Gasteiger partial charge in [0.05, 0.1) is 5.75 Å². The molecule has 1 aromatic rings. The van der Waals surface area contributed by atoms with Crippen molar-refractivity contribution in [2.75, 3.05) is 26.8 Å². The molecular weight excluding hydrogens is 288 g/mol. The number of methoxy groups -OCH3 is 1. The van der Waals surface area contributed by atoms with E-state index in [1.54, 1.807) is 7.11 Å². The molecule has 0 atom stereocenters. The summed E-state index contributed by atoms with van der Waals surface area (Å²) in [4.78, 5) is 0. The molecule has 120 valence electrons. The Labute approximate surface area is 128 Å². The van der Waals surface area contributed by atoms with Gasteiger partial charge in [0.25, 0.3) is 0 Å². The zero-order valence-corrected chi connectivity index (χ0v) is 13.7. The van der Waals surface area contributed by atoms with E-state index in [1.807, 2.05) is 24.3 Å². The van der Waals surface area contributed by atoms with Crippen LogP contribution in [0.15, 0.2) is 24.3 Å². The quantitative estimate of drug-likeness (QED) is 0.609. The van der Waals surface area contributed by atoms with E-state index in [2.05, 4.69) is 17.0 Å². The summed E-state index contributed by atoms with van der Waals surface area (Å²) >= 11 is 0. The van der Waals surface area contributed by atoms with Crippen LogP contribution in [0.25, 0.3) is 0 Å². The Morgan fingerprint density at radius 3 is 2.38 bits per heavy atom. The smallest absolute Gasteiger partial charge is 0.215 e. The molecule has 0 heterocycles. The van der Waals surface area contributed by atoms with Crippen LogP contribution in [0, 0.1) is 0 Å². The summed E-state index contributed by atoms with van der Waals surface area (Å²) in [5, 5.41) is 3.32. The van der Waals surface area contributed by atoms with Crippen molar-refractivity contribution in [2.45, 2.75) is 32.1 Å². The maximum atomic E-state index is 11.9. The van der Waals surface area contributed by atoms with Crippen molar-refractivity contribution in [3.05, 3.63) is 35.4 Å². The maximum Gasteiger partial charge on any atom is 0.215 e. The summed E-state index contributed by atoms with van der Waals surface area (Å²) in [7, 11) is -1.67. The first-order valence-electron chi connectivity index (χ1n) is 7.32. The average Bonchev–Trinajstić information content (AvgIpc) is 2.45. The third-order valence-corrected chi connectivity index (χ3v) is 4.34. The van der Waals surface area contributed by atoms with Gasteiger partial charge in [0, 0.05) is 26.8 Å². The van der Waals surface area contributed by atoms with E-state index in [1.165, 1.54) is 0 Å². The lowest BCUT2D eigenvalue weighted by Crippen LogP contribution is -2.26. The van der Waals surface area contributed by atoms with E-state index < -0.39 is 10.0 Å². The molecule has 2 N–H and O–H groups in total. The molecule has 0 spiro atoms. The summed E-state index contributed by atoms with van der Waals surface area (Å²) in [6, 6.07) is 7.69. The second-order valence-electron chi connectivity index (χ2n) is 4.99. The van der Waals surface area contributed by atoms with Gasteiger partial charge in [0.15, 0.2) is 0 Å². The van der Waals surface area contributed by atoms with E-state index >= 15 is 0 Å². The van der Waals surface area contributed by atoms with Crippen molar-refractivity contribution >= 4 is 10.0 Å². The average molecular weight is 314 g/mol. The third-order valence-electron chi connectivity index (χ3n) is 2.98. The monoisotopic (exact) mass is 314 g/mol. The minimum Gasteiger partial charge on any atom is -0.385 e. The number of benzene rings is 1. The number of sulfonamides is 1. The van der Waals surface area contributed by atoms with E-state index in [4.69, 9.17) is 4.74 Å². The molecule has 0 fully saturated rings. The zero-order valence-electron chi connectivity index (χ0n) is 12.9. The minimum absolute atomic E-state index is 0.0165. The topological polar surface area (TPSA) is 67.4 Å². The fourth-order valence-corrected chi connectivity index (χ4v) is 3.07. The van der Waals surface area contributed by atoms with Crippen LogP contribution in [0.5, 0.6) is 0 Å². The van der Waals surface area contributed by atoms with Crippen molar-refractivity contribution < 1.29 is 13.2 Å². The highest BCUT2D eigenvalue weighted by Crippen LogP contribution is 2.08. The van der Waals surface area contributed by atoms with Gasteiger partial charge in [-0.1, -0.05) is 31.2 Å². The summed E-state index contributed by atoms with van der Waals surface area (Å²) in [6.45, 7) is 4.90. The molecule has 0 bridgehead atoms. The molecular formula is C15H26N2O3S. The number of ether oxygens (including phenoxy) is 1. The molecule has 0 saturated heterocycles. The molecule has 1 rings (SSSR count). The number of hydrogen-bond donors (Lipinski definition) is 2. The lowest BCUT2D eigenvalue weighted by atomic mass is 10.1. The first-order chi connectivity index (χ1) is 10.1. The van der Waals surface area contributed by atoms with Gasteiger partial charge in [-0.2, -0.15) is 0 Å². The van der Waals surface area contributed by atoms with Crippen LogP contribution >= 0.6 is 0 Å². The van der Waals surface area contributed by atoms with E-state index in [9.17, 15) is 8.42 Å². The molecule has 0 aromatic heterocycles. The van der Waals surface area contributed by atoms with Crippen LogP contribution in [-0.2, 0) is 27.1 Å². The summed E-state index contributed by atoms with van der Waals surface area (Å²) < 4.78 is 31.3. The Bertz CT molecular complexity index is 486. The van der Waals surface area contributed by atoms with Crippen LogP contribution in [0.4, 0.5) is 0 Å². The Morgan fingerprint density at radius 2 is 1.76 bits per heavy atom. The van der Waals surface area contributed by atoms with E-state index in [0.717, 1.165) is 30.6 Å². The first-order valence-corrected chi connectivity index (χ1v) is 8.97. The summed E-state index contributed by atoms with van der Waals surface area (Å²) in [5.74, 6) is 0.0165. The number of rotatable bonds is 11. The molecule has 0 radical (unpaired) electrons. The fourth-order valence-electron chi connectivity index (χ4n) is 1.88. The molecule has 21 heavy (non-hydrogen) atoms. The third kappa shape index (κ3) is 8.16. The van der Waals surface area contributed by atoms with Crippen molar-refractivity contribution in [1.29, 1.82) is 0 Å². The summed E-state index contributed by atoms with van der Waals surface area (Å²) in [6.07, 6.45) is 1.78. The van der Waals surface area contributed by atoms with Crippen molar-refractivity contribution in [1.82, 2.24) is 10.0 Å². The lowest BCUT2D eigenvalue weighted by molar-refractivity contribution is 0.196. The standard InChI is InChI=1S/C15H26N2O3S/c1-3-9-16-12-14-5-7-15(8-6-14)13-21(18,19)17-10-4-11-20-2/h5-8,16-17H,3-4,9-13H2,1-2H3. The predicted octanol–water partition coefficient (Wildman–Crippen LogP) is 1.64. The van der Waals surface area contributed by atoms with Gasteiger partial charge in [0.2, 0.25) is 10.0 Å². The minimum atomic E-state index is -3.27. The Balaban J connectivity index is 2.43. The van der Waals surface area contributed by atoms with Crippen LogP contribution < -0.4 is 10.0 Å². The van der Waals surface area contributed by atoms with E-state index in [0.29, 0.717) is 19.6 Å². The second kappa shape index (κ2) is 9.89. The molecule has 0 saturated carbocycles. The zero-order chi connectivity index (χ0) is 15.6. The van der Waals surface area contributed by atoms with Gasteiger partial charge >= 0.3 is 0 Å². The second-order valence-corrected chi connectivity index (χ2v) is 6.80. The van der Waals surface area contributed by atoms with Crippen LogP contribution in [0.1, 0.15) is 30.9 Å². The largest absolute Gasteiger partial charge is 0.385 e. The highest BCUT2D eigenvalue weighted by atomic mass is 32.2. The SMILES string of the molecule is CCCNCc1ccc(CS(=O)(=O)NCCCOC)cc1. The molecule has 0 aliphatic rings. The van der Waals surface area contributed by atoms with Gasteiger partial charge in [0.1, 0.15) is 0 Å². The van der Waals surface area contributed by atoms with Crippen molar-refractivity contribution in [2.24, 2.45) is 0 Å². The number of hydrogen-bond acceptors (Lipinski definition) is 4. The van der Waals surface area contributed by atoms with Gasteiger partial charge in [-0.3, -0.25) is 0 Å². The first kappa shape index (κ1) is 18.1. The van der Waals surface area contributed by atoms with Gasteiger partial charge in [-0.15, -0.1) is 0 Å². The van der Waals surface area contributed by atoms with E-state index in [-0.39, 0.29) is 5.75 Å². The highest BCUT2D eigenvalue weighted by Gasteiger charge is 2.10. The molecule has 5 nitrogen and oxygen atoms in total. The Morgan fingerprint density at radius 1 is 1.10 bits per heavy atom. The number of nitrogens with one attached hydrogen (secondary N) is 2.